The number of thiazole rings is 1. The molecular formula is C29H34ClFN6O6S. The van der Waals surface area contributed by atoms with Gasteiger partial charge in [-0.3, -0.25) is 15.6 Å². The molecule has 2 amide bonds. The predicted octanol–water partition coefficient (Wildman–Crippen LogP) is 5.34. The van der Waals surface area contributed by atoms with E-state index in [0.29, 0.717) is 22.1 Å². The maximum atomic E-state index is 14.0. The number of guanidine groups is 1. The first-order valence-corrected chi connectivity index (χ1v) is 14.9. The highest BCUT2D eigenvalue weighted by molar-refractivity contribution is 7.11. The molecule has 2 N–H and O–H groups in total. The summed E-state index contributed by atoms with van der Waals surface area (Å²) >= 11 is 7.78. The van der Waals surface area contributed by atoms with Gasteiger partial charge in [-0.15, -0.1) is 11.3 Å². The van der Waals surface area contributed by atoms with Crippen LogP contribution >= 0.6 is 22.9 Å². The van der Waals surface area contributed by atoms with Crippen molar-refractivity contribution in [1.82, 2.24) is 20.5 Å². The minimum Gasteiger partial charge on any atom is -0.466 e. The smallest absolute Gasteiger partial charge is 0.414 e. The van der Waals surface area contributed by atoms with Gasteiger partial charge >= 0.3 is 18.2 Å². The van der Waals surface area contributed by atoms with Gasteiger partial charge in [0.1, 0.15) is 23.1 Å². The molecule has 1 aromatic heterocycles. The minimum atomic E-state index is -0.928. The van der Waals surface area contributed by atoms with E-state index in [1.54, 1.807) is 58.0 Å². The molecule has 2 aliphatic rings. The molecule has 0 spiro atoms. The quantitative estimate of drug-likeness (QED) is 0.196. The van der Waals surface area contributed by atoms with Crippen molar-refractivity contribution >= 4 is 52.9 Å². The van der Waals surface area contributed by atoms with Crippen molar-refractivity contribution in [3.05, 3.63) is 62.5 Å². The molecule has 0 bridgehead atoms. The summed E-state index contributed by atoms with van der Waals surface area (Å²) in [6, 6.07) is 2.34. The van der Waals surface area contributed by atoms with Crippen molar-refractivity contribution < 1.29 is 33.0 Å². The van der Waals surface area contributed by atoms with Gasteiger partial charge in [-0.25, -0.2) is 28.8 Å². The molecule has 1 fully saturated rings. The van der Waals surface area contributed by atoms with Crippen LogP contribution in [0, 0.1) is 5.82 Å². The summed E-state index contributed by atoms with van der Waals surface area (Å²) in [6.07, 6.45) is 0.128. The van der Waals surface area contributed by atoms with Crippen LogP contribution in [0.1, 0.15) is 64.6 Å². The number of alkyl carbamates (subject to hydrolysis) is 2. The number of nitrogens with one attached hydrogen (secondary N) is 2. The van der Waals surface area contributed by atoms with E-state index in [2.05, 4.69) is 20.6 Å². The molecule has 4 rings (SSSR count). The normalized spacial score (nSPS) is 18.2. The molecular weight excluding hydrogens is 615 g/mol. The fraction of sp³-hybridized carbons (Fsp3) is 0.448. The number of halogens is 2. The van der Waals surface area contributed by atoms with Gasteiger partial charge in [0.2, 0.25) is 5.96 Å². The summed E-state index contributed by atoms with van der Waals surface area (Å²) in [5.41, 5.74) is -0.498. The number of nitrogens with zero attached hydrogens (tertiary/aromatic N) is 4. The zero-order chi connectivity index (χ0) is 32.4. The predicted molar refractivity (Wildman–Crippen MR) is 163 cm³/mol. The Labute approximate surface area is 263 Å². The number of amides is 2. The first-order chi connectivity index (χ1) is 20.5. The first kappa shape index (κ1) is 32.9. The van der Waals surface area contributed by atoms with Gasteiger partial charge < -0.3 is 19.1 Å². The van der Waals surface area contributed by atoms with E-state index < -0.39 is 47.3 Å². The fourth-order valence-corrected chi connectivity index (χ4v) is 5.47. The molecule has 2 aromatic rings. The van der Waals surface area contributed by atoms with Gasteiger partial charge in [-0.05, 0) is 53.7 Å². The van der Waals surface area contributed by atoms with Crippen molar-refractivity contribution in [3.8, 4) is 0 Å². The molecule has 2 aliphatic heterocycles. The number of aliphatic imine (C=N–C) groups is 2. The van der Waals surface area contributed by atoms with Gasteiger partial charge in [0.05, 0.1) is 18.7 Å². The molecule has 44 heavy (non-hydrogen) atoms. The average Bonchev–Trinajstić information content (AvgIpc) is 3.55. The van der Waals surface area contributed by atoms with E-state index in [9.17, 15) is 18.8 Å². The molecule has 2 atom stereocenters. The second kappa shape index (κ2) is 12.9. The Morgan fingerprint density at radius 3 is 2.25 bits per heavy atom. The second-order valence-electron chi connectivity index (χ2n) is 11.9. The fourth-order valence-electron chi connectivity index (χ4n) is 4.56. The third-order valence-corrected chi connectivity index (χ3v) is 7.17. The number of carbonyl (C=O) groups is 3. The lowest BCUT2D eigenvalue weighted by molar-refractivity contribution is -0.136. The molecule has 0 saturated carbocycles. The molecule has 0 aliphatic carbocycles. The summed E-state index contributed by atoms with van der Waals surface area (Å²) in [5.74, 6) is -0.941. The lowest BCUT2D eigenvalue weighted by atomic mass is 9.94. The number of ether oxygens (including phenoxy) is 3. The number of hydrogen-bond acceptors (Lipinski definition) is 11. The van der Waals surface area contributed by atoms with Crippen LogP contribution in [0.5, 0.6) is 0 Å². The Balaban J connectivity index is 1.78. The van der Waals surface area contributed by atoms with Crippen LogP contribution in [0.15, 0.2) is 51.0 Å². The molecule has 236 valence electrons. The van der Waals surface area contributed by atoms with Crippen molar-refractivity contribution in [3.63, 3.8) is 0 Å². The molecule has 0 unspecified atom stereocenters. The number of esters is 1. The summed E-state index contributed by atoms with van der Waals surface area (Å²) in [7, 11) is 1.25. The van der Waals surface area contributed by atoms with Crippen molar-refractivity contribution in [1.29, 1.82) is 0 Å². The number of carbonyl (C=O) groups excluding carboxylic acids is 3. The number of fused-ring (bicyclic) bond motifs is 1. The average molecular weight is 649 g/mol. The largest absolute Gasteiger partial charge is 0.466 e. The Kier molecular flexibility index (Phi) is 9.64. The molecule has 15 heteroatoms. The Morgan fingerprint density at radius 1 is 1.09 bits per heavy atom. The number of hydrogen-bond donors (Lipinski definition) is 2. The monoisotopic (exact) mass is 648 g/mol. The Hall–Kier alpha value is -4.04. The van der Waals surface area contributed by atoms with E-state index in [0.717, 1.165) is 6.07 Å². The number of aromatic nitrogens is 1. The van der Waals surface area contributed by atoms with E-state index in [1.807, 2.05) is 0 Å². The van der Waals surface area contributed by atoms with Crippen LogP contribution < -0.4 is 10.6 Å². The summed E-state index contributed by atoms with van der Waals surface area (Å²) < 4.78 is 29.8. The number of amidine groups is 1. The standard InChI is InChI=1S/C29H34ClFN6O6S/c1-28(2,3)42-26(39)35-25(36-27(40)43-29(4,5)6)33-16-13-19-20(24(38)41-7)21(17-9-8-15(31)12-18(17)30)34-22(37(19)14-16)23-32-10-11-44-23/h8-12,16,21H,13-14H2,1-7H3,(H2,33,35,36,39,40)/t16-,21-/m0/s1. The zero-order valence-corrected chi connectivity index (χ0v) is 26.9. The molecule has 3 heterocycles. The minimum absolute atomic E-state index is 0.0886. The summed E-state index contributed by atoms with van der Waals surface area (Å²) in [4.78, 5) is 54.3. The Bertz CT molecular complexity index is 1500. The van der Waals surface area contributed by atoms with Gasteiger partial charge in [0.15, 0.2) is 10.8 Å². The highest BCUT2D eigenvalue weighted by Crippen LogP contribution is 2.43. The number of rotatable bonds is 4. The van der Waals surface area contributed by atoms with Crippen LogP contribution in [0.2, 0.25) is 5.02 Å². The summed E-state index contributed by atoms with van der Waals surface area (Å²) in [6.45, 7) is 10.4. The first-order valence-electron chi connectivity index (χ1n) is 13.6. The van der Waals surface area contributed by atoms with Gasteiger partial charge in [0, 0.05) is 40.8 Å². The van der Waals surface area contributed by atoms with Gasteiger partial charge in [-0.1, -0.05) is 17.7 Å². The van der Waals surface area contributed by atoms with Gasteiger partial charge in [0.25, 0.3) is 0 Å². The van der Waals surface area contributed by atoms with Crippen LogP contribution in [-0.2, 0) is 19.0 Å². The third-order valence-electron chi connectivity index (χ3n) is 6.08. The summed E-state index contributed by atoms with van der Waals surface area (Å²) in [5, 5.41) is 7.42. The van der Waals surface area contributed by atoms with Crippen LogP contribution in [0.25, 0.3) is 0 Å². The maximum Gasteiger partial charge on any atom is 0.414 e. The van der Waals surface area contributed by atoms with Crippen LogP contribution in [-0.4, -0.2) is 70.7 Å². The van der Waals surface area contributed by atoms with E-state index >= 15 is 0 Å². The molecule has 1 aromatic carbocycles. The van der Waals surface area contributed by atoms with Crippen LogP contribution in [0.3, 0.4) is 0 Å². The molecule has 0 radical (unpaired) electrons. The lowest BCUT2D eigenvalue weighted by Gasteiger charge is -2.31. The topological polar surface area (TPSA) is 144 Å². The number of benzene rings is 1. The van der Waals surface area contributed by atoms with E-state index in [4.69, 9.17) is 30.8 Å². The zero-order valence-electron chi connectivity index (χ0n) is 25.4. The van der Waals surface area contributed by atoms with E-state index in [1.165, 1.54) is 30.6 Å². The molecule has 1 saturated heterocycles. The molecule has 12 nitrogen and oxygen atoms in total. The SMILES string of the molecule is COC(=O)C1=C2C[C@H](N=C(NC(=O)OC(C)(C)C)NC(=O)OC(C)(C)C)CN2C(c2nccs2)=N[C@H]1c1ccc(F)cc1Cl. The lowest BCUT2D eigenvalue weighted by Crippen LogP contribution is -2.47. The third kappa shape index (κ3) is 8.11. The maximum absolute atomic E-state index is 14.0. The second-order valence-corrected chi connectivity index (χ2v) is 13.2. The van der Waals surface area contributed by atoms with Crippen molar-refractivity contribution in [2.24, 2.45) is 9.98 Å². The van der Waals surface area contributed by atoms with E-state index in [-0.39, 0.29) is 29.5 Å². The highest BCUT2D eigenvalue weighted by Gasteiger charge is 2.43. The Morgan fingerprint density at radius 2 is 1.73 bits per heavy atom. The highest BCUT2D eigenvalue weighted by atomic mass is 35.5. The van der Waals surface area contributed by atoms with Crippen molar-refractivity contribution in [2.45, 2.75) is 71.2 Å². The van der Waals surface area contributed by atoms with Crippen LogP contribution in [0.4, 0.5) is 14.0 Å². The van der Waals surface area contributed by atoms with Gasteiger partial charge in [-0.2, -0.15) is 0 Å². The van der Waals surface area contributed by atoms with Crippen molar-refractivity contribution in [2.75, 3.05) is 13.7 Å². The number of methoxy groups -OCH3 is 1.